The Bertz CT molecular complexity index is 819. The summed E-state index contributed by atoms with van der Waals surface area (Å²) in [4.78, 5) is 35.7. The maximum absolute atomic E-state index is 12.4. The Morgan fingerprint density at radius 1 is 1.33 bits per heavy atom. The first-order valence-corrected chi connectivity index (χ1v) is 8.81. The molecule has 1 aromatic carbocycles. The average molecular weight is 349 g/mol. The molecule has 0 aliphatic rings. The second kappa shape index (κ2) is 7.96. The number of amides is 1. The summed E-state index contributed by atoms with van der Waals surface area (Å²) in [5, 5.41) is 17.0. The van der Waals surface area contributed by atoms with Crippen LogP contribution in [0.1, 0.15) is 12.1 Å². The summed E-state index contributed by atoms with van der Waals surface area (Å²) in [6.45, 7) is 1.45. The van der Waals surface area contributed by atoms with Crippen molar-refractivity contribution in [3.8, 4) is 0 Å². The van der Waals surface area contributed by atoms with E-state index < -0.39 is 17.9 Å². The molecule has 0 saturated heterocycles. The van der Waals surface area contributed by atoms with E-state index in [0.717, 1.165) is 10.1 Å². The molecule has 1 heterocycles. The summed E-state index contributed by atoms with van der Waals surface area (Å²) in [6, 6.07) is 6.07. The maximum Gasteiger partial charge on any atom is 0.326 e. The zero-order valence-electron chi connectivity index (χ0n) is 13.5. The molecule has 0 spiro atoms. The van der Waals surface area contributed by atoms with Crippen LogP contribution in [0.5, 0.6) is 0 Å². The molecule has 0 saturated carbocycles. The Morgan fingerprint density at radius 3 is 2.62 bits per heavy atom. The van der Waals surface area contributed by atoms with Crippen molar-refractivity contribution in [3.63, 3.8) is 0 Å². The molecule has 1 aromatic heterocycles. The van der Waals surface area contributed by atoms with E-state index in [0.29, 0.717) is 23.3 Å². The topological polar surface area (TPSA) is 101 Å². The number of benzene rings is 1. The van der Waals surface area contributed by atoms with Crippen LogP contribution in [0, 0.1) is 6.92 Å². The molecule has 0 fully saturated rings. The predicted octanol–water partition coefficient (Wildman–Crippen LogP) is 1.03. The summed E-state index contributed by atoms with van der Waals surface area (Å²) < 4.78 is 1.07. The van der Waals surface area contributed by atoms with Gasteiger partial charge in [-0.25, -0.2) is 9.48 Å². The lowest BCUT2D eigenvalue weighted by Gasteiger charge is -2.14. The zero-order valence-corrected chi connectivity index (χ0v) is 14.3. The van der Waals surface area contributed by atoms with Crippen LogP contribution in [0.2, 0.25) is 0 Å². The Balaban J connectivity index is 2.20. The van der Waals surface area contributed by atoms with Crippen molar-refractivity contribution in [2.24, 2.45) is 0 Å². The fourth-order valence-corrected chi connectivity index (χ4v) is 2.85. The van der Waals surface area contributed by atoms with Gasteiger partial charge in [-0.15, -0.1) is 0 Å². The van der Waals surface area contributed by atoms with Gasteiger partial charge in [0.1, 0.15) is 12.6 Å². The number of carbonyl (C=O) groups is 2. The second-order valence-electron chi connectivity index (χ2n) is 5.33. The third kappa shape index (κ3) is 4.14. The van der Waals surface area contributed by atoms with E-state index in [-0.39, 0.29) is 12.1 Å². The Morgan fingerprint density at radius 2 is 2.00 bits per heavy atom. The Kier molecular flexibility index (Phi) is 5.97. The third-order valence-corrected chi connectivity index (χ3v) is 4.23. The molecule has 7 nitrogen and oxygen atoms in total. The maximum atomic E-state index is 12.4. The van der Waals surface area contributed by atoms with Crippen molar-refractivity contribution in [1.29, 1.82) is 0 Å². The van der Waals surface area contributed by atoms with Gasteiger partial charge in [0.05, 0.1) is 11.1 Å². The van der Waals surface area contributed by atoms with Gasteiger partial charge in [-0.1, -0.05) is 18.2 Å². The lowest BCUT2D eigenvalue weighted by molar-refractivity contribution is -0.142. The number of nitrogens with one attached hydrogen (secondary N) is 1. The molecule has 0 bridgehead atoms. The molecule has 2 rings (SSSR count). The third-order valence-electron chi connectivity index (χ3n) is 3.59. The van der Waals surface area contributed by atoms with Crippen LogP contribution in [0.4, 0.5) is 0 Å². The van der Waals surface area contributed by atoms with Gasteiger partial charge in [-0.3, -0.25) is 9.59 Å². The molecule has 24 heavy (non-hydrogen) atoms. The molecular weight excluding hydrogens is 330 g/mol. The van der Waals surface area contributed by atoms with Crippen molar-refractivity contribution in [2.45, 2.75) is 25.9 Å². The van der Waals surface area contributed by atoms with Crippen LogP contribution in [-0.4, -0.2) is 44.8 Å². The number of carboxylic acids is 1. The second-order valence-corrected chi connectivity index (χ2v) is 6.32. The summed E-state index contributed by atoms with van der Waals surface area (Å²) in [5.41, 5.74) is 0.262. The molecule has 0 aliphatic carbocycles. The molecule has 2 aromatic rings. The molecule has 8 heteroatoms. The molecule has 1 amide bonds. The van der Waals surface area contributed by atoms with Crippen molar-refractivity contribution in [1.82, 2.24) is 15.1 Å². The van der Waals surface area contributed by atoms with Gasteiger partial charge in [0.2, 0.25) is 5.91 Å². The number of carboxylic acid groups (broad SMARTS) is 1. The van der Waals surface area contributed by atoms with E-state index >= 15 is 0 Å². The quantitative estimate of drug-likeness (QED) is 0.774. The standard InChI is InChI=1S/C16H19N3O4S/c1-10-11-5-3-4-6-12(11)15(21)19(18-10)9-14(20)17-13(16(22)23)7-8-24-2/h3-6,13H,7-9H2,1-2H3,(H,17,20)(H,22,23)/t13-/m1/s1. The molecule has 2 N–H and O–H groups in total. The van der Waals surface area contributed by atoms with Gasteiger partial charge in [0.25, 0.3) is 5.56 Å². The van der Waals surface area contributed by atoms with Crippen LogP contribution >= 0.6 is 11.8 Å². The van der Waals surface area contributed by atoms with E-state index in [4.69, 9.17) is 5.11 Å². The molecule has 128 valence electrons. The number of hydrogen-bond acceptors (Lipinski definition) is 5. The monoisotopic (exact) mass is 349 g/mol. The highest BCUT2D eigenvalue weighted by molar-refractivity contribution is 7.98. The molecule has 0 radical (unpaired) electrons. The van der Waals surface area contributed by atoms with Gasteiger partial charge in [-0.05, 0) is 31.4 Å². The number of rotatable bonds is 7. The predicted molar refractivity (Wildman–Crippen MR) is 93.3 cm³/mol. The number of nitrogens with zero attached hydrogens (tertiary/aromatic N) is 2. The van der Waals surface area contributed by atoms with E-state index in [9.17, 15) is 14.4 Å². The van der Waals surface area contributed by atoms with Crippen molar-refractivity contribution in [3.05, 3.63) is 40.3 Å². The fourth-order valence-electron chi connectivity index (χ4n) is 2.38. The van der Waals surface area contributed by atoms with E-state index in [1.54, 1.807) is 25.1 Å². The highest BCUT2D eigenvalue weighted by Crippen LogP contribution is 2.11. The lowest BCUT2D eigenvalue weighted by atomic mass is 10.1. The fraction of sp³-hybridized carbons (Fsp3) is 0.375. The highest BCUT2D eigenvalue weighted by atomic mass is 32.2. The average Bonchev–Trinajstić information content (AvgIpc) is 2.56. The molecule has 1 atom stereocenters. The molecular formula is C16H19N3O4S. The Labute approximate surface area is 143 Å². The first-order chi connectivity index (χ1) is 11.4. The Hall–Kier alpha value is -2.35. The first kappa shape index (κ1) is 18.0. The van der Waals surface area contributed by atoms with Crippen molar-refractivity contribution < 1.29 is 14.7 Å². The summed E-state index contributed by atoms with van der Waals surface area (Å²) in [7, 11) is 0. The number of hydrogen-bond donors (Lipinski definition) is 2. The van der Waals surface area contributed by atoms with E-state index in [1.165, 1.54) is 11.8 Å². The van der Waals surface area contributed by atoms with Crippen molar-refractivity contribution in [2.75, 3.05) is 12.0 Å². The SMILES string of the molecule is CSCC[C@@H](NC(=O)Cn1nc(C)c2ccccc2c1=O)C(=O)O. The number of carbonyl (C=O) groups excluding carboxylic acids is 1. The largest absolute Gasteiger partial charge is 0.480 e. The van der Waals surface area contributed by atoms with Crippen LogP contribution in [0.25, 0.3) is 10.8 Å². The summed E-state index contributed by atoms with van der Waals surface area (Å²) in [5.74, 6) is -1.02. The zero-order chi connectivity index (χ0) is 17.7. The smallest absolute Gasteiger partial charge is 0.326 e. The molecule has 0 unspecified atom stereocenters. The van der Waals surface area contributed by atoms with E-state index in [1.807, 2.05) is 12.3 Å². The summed E-state index contributed by atoms with van der Waals surface area (Å²) in [6.07, 6.45) is 2.18. The van der Waals surface area contributed by atoms with Gasteiger partial charge in [-0.2, -0.15) is 16.9 Å². The lowest BCUT2D eigenvalue weighted by Crippen LogP contribution is -2.44. The number of aryl methyl sites for hydroxylation is 1. The highest BCUT2D eigenvalue weighted by Gasteiger charge is 2.20. The van der Waals surface area contributed by atoms with Gasteiger partial charge >= 0.3 is 5.97 Å². The minimum atomic E-state index is -1.09. The van der Waals surface area contributed by atoms with Gasteiger partial charge in [0, 0.05) is 5.39 Å². The number of fused-ring (bicyclic) bond motifs is 1. The van der Waals surface area contributed by atoms with Crippen LogP contribution < -0.4 is 10.9 Å². The van der Waals surface area contributed by atoms with E-state index in [2.05, 4.69) is 10.4 Å². The van der Waals surface area contributed by atoms with Crippen LogP contribution in [-0.2, 0) is 16.1 Å². The summed E-state index contributed by atoms with van der Waals surface area (Å²) >= 11 is 1.50. The molecule has 0 aliphatic heterocycles. The minimum absolute atomic E-state index is 0.312. The van der Waals surface area contributed by atoms with Crippen molar-refractivity contribution >= 4 is 34.4 Å². The van der Waals surface area contributed by atoms with Crippen LogP contribution in [0.3, 0.4) is 0 Å². The minimum Gasteiger partial charge on any atom is -0.480 e. The number of thioether (sulfide) groups is 1. The van der Waals surface area contributed by atoms with Crippen LogP contribution in [0.15, 0.2) is 29.1 Å². The van der Waals surface area contributed by atoms with Gasteiger partial charge < -0.3 is 10.4 Å². The number of aromatic nitrogens is 2. The number of aliphatic carboxylic acids is 1. The first-order valence-electron chi connectivity index (χ1n) is 7.41. The van der Waals surface area contributed by atoms with Gasteiger partial charge in [0.15, 0.2) is 0 Å². The normalized spacial score (nSPS) is 12.1.